The highest BCUT2D eigenvalue weighted by Gasteiger charge is 2.44. The van der Waals surface area contributed by atoms with Gasteiger partial charge in [-0.25, -0.2) is 18.0 Å². The van der Waals surface area contributed by atoms with Crippen LogP contribution in [0.3, 0.4) is 0 Å². The first-order valence-electron chi connectivity index (χ1n) is 3.05. The van der Waals surface area contributed by atoms with Gasteiger partial charge in [-0.05, 0) is 0 Å². The zero-order valence-corrected chi connectivity index (χ0v) is 6.23. The van der Waals surface area contributed by atoms with Gasteiger partial charge >= 0.3 is 5.97 Å². The smallest absolute Gasteiger partial charge is 0.346 e. The Balaban J connectivity index is 4.22. The molecule has 66 valence electrons. The molecule has 0 aromatic rings. The van der Waals surface area contributed by atoms with E-state index in [1.165, 1.54) is 0 Å². The average molecular weight is 170 g/mol. The minimum absolute atomic E-state index is 0.719. The summed E-state index contributed by atoms with van der Waals surface area (Å²) < 4.78 is 40.8. The molecule has 0 aliphatic carbocycles. The van der Waals surface area contributed by atoms with E-state index >= 15 is 0 Å². The Morgan fingerprint density at radius 1 is 1.64 bits per heavy atom. The molecule has 0 rings (SSSR count). The third kappa shape index (κ3) is 2.40. The summed E-state index contributed by atoms with van der Waals surface area (Å²) in [6.45, 7) is 1.09. The van der Waals surface area contributed by atoms with Crippen molar-refractivity contribution in [3.8, 4) is 0 Å². The van der Waals surface area contributed by atoms with Crippen LogP contribution in [0, 0.1) is 0 Å². The normalized spacial score (nSPS) is 14.3. The van der Waals surface area contributed by atoms with Gasteiger partial charge in [-0.2, -0.15) is 0 Å². The van der Waals surface area contributed by atoms with Crippen LogP contribution in [0.15, 0.2) is 0 Å². The van der Waals surface area contributed by atoms with Gasteiger partial charge in [-0.1, -0.05) is 6.92 Å². The van der Waals surface area contributed by atoms with Crippen molar-refractivity contribution in [2.75, 3.05) is 7.11 Å². The molecule has 0 spiro atoms. The summed E-state index contributed by atoms with van der Waals surface area (Å²) in [5.74, 6) is -5.15. The molecule has 5 heteroatoms. The number of methoxy groups -OCH3 is 1. The van der Waals surface area contributed by atoms with Gasteiger partial charge in [0.25, 0.3) is 12.1 Å². The lowest BCUT2D eigenvalue weighted by Crippen LogP contribution is -2.36. The van der Waals surface area contributed by atoms with E-state index in [2.05, 4.69) is 4.74 Å². The number of hydrogen-bond donors (Lipinski definition) is 0. The van der Waals surface area contributed by atoms with E-state index in [9.17, 15) is 18.0 Å². The van der Waals surface area contributed by atoms with Gasteiger partial charge in [0, 0.05) is 6.42 Å². The van der Waals surface area contributed by atoms with Crippen LogP contribution >= 0.6 is 0 Å². The van der Waals surface area contributed by atoms with Crippen LogP contribution in [-0.2, 0) is 9.53 Å². The standard InChI is InChI=1S/C6H9F3O2/c1-3-6(8,9)4(7)5(10)11-2/h4H,3H2,1-2H3. The molecule has 0 aliphatic rings. The number of esters is 1. The van der Waals surface area contributed by atoms with Crippen molar-refractivity contribution in [2.24, 2.45) is 0 Å². The summed E-state index contributed by atoms with van der Waals surface area (Å²) in [7, 11) is 0.862. The first-order chi connectivity index (χ1) is 4.95. The molecule has 0 aliphatic heterocycles. The fourth-order valence-electron chi connectivity index (χ4n) is 0.455. The van der Waals surface area contributed by atoms with Crippen LogP contribution in [0.25, 0.3) is 0 Å². The molecular formula is C6H9F3O2. The SMILES string of the molecule is CCC(F)(F)C(F)C(=O)OC. The number of carbonyl (C=O) groups excluding carboxylic acids is 1. The van der Waals surface area contributed by atoms with Gasteiger partial charge in [0.15, 0.2) is 0 Å². The van der Waals surface area contributed by atoms with Gasteiger partial charge in [0.1, 0.15) is 0 Å². The van der Waals surface area contributed by atoms with Crippen LogP contribution in [0.4, 0.5) is 13.2 Å². The topological polar surface area (TPSA) is 26.3 Å². The summed E-state index contributed by atoms with van der Waals surface area (Å²) >= 11 is 0. The Morgan fingerprint density at radius 2 is 2.09 bits per heavy atom. The molecule has 0 saturated heterocycles. The van der Waals surface area contributed by atoms with Crippen molar-refractivity contribution < 1.29 is 22.7 Å². The molecule has 2 nitrogen and oxygen atoms in total. The van der Waals surface area contributed by atoms with E-state index in [0.29, 0.717) is 0 Å². The first-order valence-corrected chi connectivity index (χ1v) is 3.05. The van der Waals surface area contributed by atoms with Crippen molar-refractivity contribution in [3.05, 3.63) is 0 Å². The monoisotopic (exact) mass is 170 g/mol. The van der Waals surface area contributed by atoms with Gasteiger partial charge in [0.2, 0.25) is 0 Å². The Hall–Kier alpha value is -0.740. The maximum absolute atomic E-state index is 12.4. The lowest BCUT2D eigenvalue weighted by atomic mass is 10.1. The molecule has 0 saturated carbocycles. The Bertz CT molecular complexity index is 147. The Kier molecular flexibility index (Phi) is 3.35. The lowest BCUT2D eigenvalue weighted by molar-refractivity contribution is -0.163. The van der Waals surface area contributed by atoms with Crippen molar-refractivity contribution in [1.82, 2.24) is 0 Å². The maximum atomic E-state index is 12.4. The van der Waals surface area contributed by atoms with Gasteiger partial charge < -0.3 is 4.74 Å². The van der Waals surface area contributed by atoms with E-state index in [-0.39, 0.29) is 0 Å². The fraction of sp³-hybridized carbons (Fsp3) is 0.833. The van der Waals surface area contributed by atoms with E-state index in [1.54, 1.807) is 0 Å². The second-order valence-corrected chi connectivity index (χ2v) is 2.00. The Labute approximate surface area is 62.3 Å². The number of halogens is 3. The summed E-state index contributed by atoms with van der Waals surface area (Å²) in [6, 6.07) is 0. The minimum atomic E-state index is -3.62. The fourth-order valence-corrected chi connectivity index (χ4v) is 0.455. The van der Waals surface area contributed by atoms with E-state index in [4.69, 9.17) is 0 Å². The summed E-state index contributed by atoms with van der Waals surface area (Å²) in [5.41, 5.74) is 0. The van der Waals surface area contributed by atoms with E-state index < -0.39 is 24.5 Å². The molecule has 0 bridgehead atoms. The number of alkyl halides is 3. The van der Waals surface area contributed by atoms with Crippen LogP contribution in [0.1, 0.15) is 13.3 Å². The molecule has 0 amide bonds. The summed E-state index contributed by atoms with van der Waals surface area (Å²) in [5, 5.41) is 0. The number of hydrogen-bond acceptors (Lipinski definition) is 2. The summed E-state index contributed by atoms with van der Waals surface area (Å²) in [6.07, 6.45) is -3.57. The highest BCUT2D eigenvalue weighted by atomic mass is 19.3. The molecule has 0 aromatic carbocycles. The predicted molar refractivity (Wildman–Crippen MR) is 32.1 cm³/mol. The molecule has 0 aromatic heterocycles. The number of ether oxygens (including phenoxy) is 1. The first kappa shape index (κ1) is 10.3. The van der Waals surface area contributed by atoms with Crippen molar-refractivity contribution in [1.29, 1.82) is 0 Å². The molecule has 11 heavy (non-hydrogen) atoms. The van der Waals surface area contributed by atoms with Crippen molar-refractivity contribution >= 4 is 5.97 Å². The molecule has 1 atom stereocenters. The van der Waals surface area contributed by atoms with Crippen molar-refractivity contribution in [3.63, 3.8) is 0 Å². The highest BCUT2D eigenvalue weighted by molar-refractivity contribution is 5.75. The van der Waals surface area contributed by atoms with Crippen LogP contribution in [0.2, 0.25) is 0 Å². The lowest BCUT2D eigenvalue weighted by Gasteiger charge is -2.16. The van der Waals surface area contributed by atoms with Crippen molar-refractivity contribution in [2.45, 2.75) is 25.4 Å². The molecule has 0 radical (unpaired) electrons. The minimum Gasteiger partial charge on any atom is -0.467 e. The Morgan fingerprint density at radius 3 is 2.36 bits per heavy atom. The molecule has 0 fully saturated rings. The predicted octanol–water partition coefficient (Wildman–Crippen LogP) is 1.54. The van der Waals surface area contributed by atoms with Gasteiger partial charge in [0.05, 0.1) is 7.11 Å². The van der Waals surface area contributed by atoms with E-state index in [1.807, 2.05) is 0 Å². The number of carbonyl (C=O) groups is 1. The van der Waals surface area contributed by atoms with Gasteiger partial charge in [-0.3, -0.25) is 0 Å². The molecule has 0 heterocycles. The van der Waals surface area contributed by atoms with Gasteiger partial charge in [-0.15, -0.1) is 0 Å². The zero-order valence-electron chi connectivity index (χ0n) is 6.23. The highest BCUT2D eigenvalue weighted by Crippen LogP contribution is 2.25. The second kappa shape index (κ2) is 3.59. The maximum Gasteiger partial charge on any atom is 0.346 e. The second-order valence-electron chi connectivity index (χ2n) is 2.00. The molecule has 1 unspecified atom stereocenters. The van der Waals surface area contributed by atoms with Crippen LogP contribution in [0.5, 0.6) is 0 Å². The molecule has 0 N–H and O–H groups in total. The zero-order chi connectivity index (χ0) is 9.07. The summed E-state index contributed by atoms with van der Waals surface area (Å²) in [4.78, 5) is 10.2. The quantitative estimate of drug-likeness (QED) is 0.600. The van der Waals surface area contributed by atoms with Crippen LogP contribution in [-0.4, -0.2) is 25.2 Å². The third-order valence-electron chi connectivity index (χ3n) is 1.25. The number of rotatable bonds is 3. The van der Waals surface area contributed by atoms with Crippen LogP contribution < -0.4 is 0 Å². The average Bonchev–Trinajstić information content (AvgIpc) is 2.01. The van der Waals surface area contributed by atoms with E-state index in [0.717, 1.165) is 14.0 Å². The third-order valence-corrected chi connectivity index (χ3v) is 1.25. The largest absolute Gasteiger partial charge is 0.467 e. The molecular weight excluding hydrogens is 161 g/mol.